The largest absolute Gasteiger partial charge is 0.244 e. The van der Waals surface area contributed by atoms with Crippen LogP contribution in [0.2, 0.25) is 0 Å². The smallest absolute Gasteiger partial charge is 0.215 e. The summed E-state index contributed by atoms with van der Waals surface area (Å²) in [6.45, 7) is 2.26. The summed E-state index contributed by atoms with van der Waals surface area (Å²) in [7, 11) is -3.69. The SMILES string of the molecule is [2H][C@@H]1C(c2ccccc2)=NC(c2ccccc2)=[C+]C2=C1CN(S(=O)(=O)c1ccc(C)cc1)C2. The van der Waals surface area contributed by atoms with Gasteiger partial charge in [-0.15, -0.1) is 0 Å². The number of sulfonamides is 1. The van der Waals surface area contributed by atoms with Crippen LogP contribution in [0.4, 0.5) is 0 Å². The zero-order chi connectivity index (χ0) is 23.0. The number of hydrogen-bond donors (Lipinski definition) is 0. The maximum Gasteiger partial charge on any atom is 0.244 e. The average molecular weight is 441 g/mol. The van der Waals surface area contributed by atoms with Crippen LogP contribution >= 0.6 is 0 Å². The van der Waals surface area contributed by atoms with Gasteiger partial charge >= 0.3 is 0 Å². The molecule has 5 heteroatoms. The Hall–Kier alpha value is -3.37. The zero-order valence-electron chi connectivity index (χ0n) is 18.7. The summed E-state index contributed by atoms with van der Waals surface area (Å²) in [6.07, 6.45) is 2.59. The highest BCUT2D eigenvalue weighted by Gasteiger charge is 2.38. The standard InChI is InChI=1S/C27H23N2O2S/c1-20-12-14-25(15-13-20)32(30,31)29-18-23-16-26(21-8-4-2-5-9-21)28-27(17-24(23)19-29)22-10-6-3-7-11-22/h2-15H,16,18-19H2,1H3/q+1/i16D/t16-/m0/s1. The lowest BCUT2D eigenvalue weighted by atomic mass is 10.0. The number of rotatable bonds is 4. The molecule has 32 heavy (non-hydrogen) atoms. The second kappa shape index (κ2) is 8.29. The highest BCUT2D eigenvalue weighted by atomic mass is 32.2. The molecule has 0 saturated heterocycles. The molecule has 3 aromatic carbocycles. The molecule has 0 N–H and O–H groups in total. The van der Waals surface area contributed by atoms with Crippen LogP contribution in [-0.2, 0) is 10.0 Å². The van der Waals surface area contributed by atoms with Crippen molar-refractivity contribution in [3.63, 3.8) is 0 Å². The molecule has 2 aliphatic heterocycles. The minimum atomic E-state index is -3.69. The van der Waals surface area contributed by atoms with Crippen LogP contribution in [0.1, 0.15) is 24.5 Å². The number of benzene rings is 3. The molecule has 4 nitrogen and oxygen atoms in total. The second-order valence-electron chi connectivity index (χ2n) is 7.94. The molecule has 158 valence electrons. The second-order valence-corrected chi connectivity index (χ2v) is 9.87. The number of aliphatic imine (C=N–C) groups is 1. The van der Waals surface area contributed by atoms with Crippen molar-refractivity contribution in [2.45, 2.75) is 18.2 Å². The van der Waals surface area contributed by atoms with E-state index in [1.807, 2.05) is 67.6 Å². The fourth-order valence-corrected chi connectivity index (χ4v) is 5.27. The Morgan fingerprint density at radius 2 is 1.50 bits per heavy atom. The first kappa shape index (κ1) is 19.3. The van der Waals surface area contributed by atoms with Crippen molar-refractivity contribution in [1.82, 2.24) is 4.31 Å². The number of hydrogen-bond acceptors (Lipinski definition) is 3. The molecule has 1 atom stereocenters. The zero-order valence-corrected chi connectivity index (χ0v) is 18.5. The highest BCUT2D eigenvalue weighted by Crippen LogP contribution is 2.33. The van der Waals surface area contributed by atoms with Crippen molar-refractivity contribution < 1.29 is 9.79 Å². The van der Waals surface area contributed by atoms with Gasteiger partial charge in [0.05, 0.1) is 43.1 Å². The Balaban J connectivity index is 1.57. The molecule has 0 fully saturated rings. The molecule has 2 heterocycles. The normalized spacial score (nSPS) is 19.4. The third kappa shape index (κ3) is 3.94. The monoisotopic (exact) mass is 440 g/mol. The van der Waals surface area contributed by atoms with Gasteiger partial charge in [0.15, 0.2) is 0 Å². The first-order valence-electron chi connectivity index (χ1n) is 11.1. The maximum atomic E-state index is 13.4. The van der Waals surface area contributed by atoms with Crippen molar-refractivity contribution in [2.24, 2.45) is 4.99 Å². The van der Waals surface area contributed by atoms with Crippen molar-refractivity contribution in [3.8, 4) is 0 Å². The molecule has 0 aliphatic carbocycles. The molecule has 5 rings (SSSR count). The average Bonchev–Trinajstić information content (AvgIpc) is 3.22. The van der Waals surface area contributed by atoms with Gasteiger partial charge in [-0.2, -0.15) is 4.31 Å². The lowest BCUT2D eigenvalue weighted by molar-refractivity contribution is 0.481. The summed E-state index contributed by atoms with van der Waals surface area (Å²) in [5.41, 5.74) is 5.39. The molecule has 0 amide bonds. The molecule has 0 unspecified atom stereocenters. The fraction of sp³-hybridized carbons (Fsp3) is 0.148. The van der Waals surface area contributed by atoms with Gasteiger partial charge in [-0.3, -0.25) is 0 Å². The van der Waals surface area contributed by atoms with Gasteiger partial charge in [-0.1, -0.05) is 54.1 Å². The van der Waals surface area contributed by atoms with Gasteiger partial charge in [0, 0.05) is 17.7 Å². The highest BCUT2D eigenvalue weighted by molar-refractivity contribution is 7.89. The molecule has 0 bridgehead atoms. The Morgan fingerprint density at radius 1 is 0.875 bits per heavy atom. The Morgan fingerprint density at radius 3 is 2.16 bits per heavy atom. The minimum absolute atomic E-state index is 0.153. The molecule has 0 aromatic heterocycles. The van der Waals surface area contributed by atoms with Crippen molar-refractivity contribution in [2.75, 3.05) is 13.1 Å². The van der Waals surface area contributed by atoms with Crippen LogP contribution in [0.25, 0.3) is 5.70 Å². The molecule has 2 aliphatic rings. The van der Waals surface area contributed by atoms with Crippen LogP contribution in [0.15, 0.2) is 106 Å². The Bertz CT molecular complexity index is 1380. The maximum absolute atomic E-state index is 13.4. The first-order chi connectivity index (χ1) is 15.9. The van der Waals surface area contributed by atoms with E-state index in [0.29, 0.717) is 11.4 Å². The first-order valence-corrected chi connectivity index (χ1v) is 11.9. The van der Waals surface area contributed by atoms with E-state index in [1.54, 1.807) is 24.3 Å². The summed E-state index contributed by atoms with van der Waals surface area (Å²) >= 11 is 0. The third-order valence-corrected chi connectivity index (χ3v) is 7.46. The van der Waals surface area contributed by atoms with E-state index in [-0.39, 0.29) is 18.0 Å². The van der Waals surface area contributed by atoms with E-state index < -0.39 is 16.4 Å². The summed E-state index contributed by atoms with van der Waals surface area (Å²) in [4.78, 5) is 5.12. The summed E-state index contributed by atoms with van der Waals surface area (Å²) in [6, 6.07) is 26.2. The van der Waals surface area contributed by atoms with Gasteiger partial charge in [0.2, 0.25) is 15.7 Å². The quantitative estimate of drug-likeness (QED) is 0.534. The van der Waals surface area contributed by atoms with Crippen LogP contribution in [0.5, 0.6) is 0 Å². The topological polar surface area (TPSA) is 49.7 Å². The van der Waals surface area contributed by atoms with Crippen molar-refractivity contribution >= 4 is 21.4 Å². The third-order valence-electron chi connectivity index (χ3n) is 5.66. The molecule has 3 aromatic rings. The number of aryl methyl sites for hydroxylation is 1. The van der Waals surface area contributed by atoms with E-state index in [1.165, 1.54) is 4.31 Å². The van der Waals surface area contributed by atoms with Crippen LogP contribution < -0.4 is 0 Å². The van der Waals surface area contributed by atoms with Gasteiger partial charge < -0.3 is 0 Å². The van der Waals surface area contributed by atoms with E-state index >= 15 is 0 Å². The lowest BCUT2D eigenvalue weighted by Crippen LogP contribution is -2.30. The van der Waals surface area contributed by atoms with Crippen LogP contribution in [-0.4, -0.2) is 31.5 Å². The van der Waals surface area contributed by atoms with E-state index in [2.05, 4.69) is 6.08 Å². The van der Waals surface area contributed by atoms with Crippen molar-refractivity contribution in [1.29, 1.82) is 0 Å². The van der Waals surface area contributed by atoms with E-state index in [0.717, 1.165) is 27.8 Å². The van der Waals surface area contributed by atoms with E-state index in [4.69, 9.17) is 6.36 Å². The summed E-state index contributed by atoms with van der Waals surface area (Å²) < 4.78 is 37.2. The minimum Gasteiger partial charge on any atom is -0.215 e. The van der Waals surface area contributed by atoms with Crippen LogP contribution in [0.3, 0.4) is 0 Å². The summed E-state index contributed by atoms with van der Waals surface area (Å²) in [5.74, 6) is 0. The predicted molar refractivity (Wildman–Crippen MR) is 128 cm³/mol. The predicted octanol–water partition coefficient (Wildman–Crippen LogP) is 5.03. The molecule has 0 spiro atoms. The number of nitrogens with zero attached hydrogens (tertiary/aromatic N) is 2. The Labute approximate surface area is 190 Å². The molecular weight excluding hydrogens is 416 g/mol. The van der Waals surface area contributed by atoms with Gasteiger partial charge in [0.25, 0.3) is 0 Å². The van der Waals surface area contributed by atoms with Gasteiger partial charge in [-0.05, 0) is 36.8 Å². The van der Waals surface area contributed by atoms with Crippen LogP contribution in [0, 0.1) is 13.0 Å². The van der Waals surface area contributed by atoms with Gasteiger partial charge in [0.1, 0.15) is 5.57 Å². The fourth-order valence-electron chi connectivity index (χ4n) is 3.88. The van der Waals surface area contributed by atoms with E-state index in [9.17, 15) is 8.42 Å². The summed E-state index contributed by atoms with van der Waals surface area (Å²) in [5, 5.41) is 0. The van der Waals surface area contributed by atoms with Crippen molar-refractivity contribution in [3.05, 3.63) is 119 Å². The molecule has 0 radical (unpaired) electrons. The molecule has 0 saturated carbocycles. The molecular formula is C27H23N2O2S+. The Kier molecular flexibility index (Phi) is 5.00. The van der Waals surface area contributed by atoms with Gasteiger partial charge in [-0.25, -0.2) is 13.4 Å². The lowest BCUT2D eigenvalue weighted by Gasteiger charge is -2.15.